The van der Waals surface area contributed by atoms with Gasteiger partial charge in [-0.3, -0.25) is 0 Å². The van der Waals surface area contributed by atoms with E-state index >= 15 is 0 Å². The van der Waals surface area contributed by atoms with Gasteiger partial charge in [0.1, 0.15) is 0 Å². The number of methoxy groups -OCH3 is 1. The van der Waals surface area contributed by atoms with Crippen LogP contribution >= 0.6 is 0 Å². The van der Waals surface area contributed by atoms with Gasteiger partial charge in [-0.25, -0.2) is 4.79 Å². The van der Waals surface area contributed by atoms with Crippen molar-refractivity contribution in [3.63, 3.8) is 0 Å². The smallest absolute Gasteiger partial charge is 0.337 e. The van der Waals surface area contributed by atoms with Crippen LogP contribution in [0, 0.1) is 29.6 Å². The molecule has 0 amide bonds. The Morgan fingerprint density at radius 2 is 1.94 bits per heavy atom. The summed E-state index contributed by atoms with van der Waals surface area (Å²) in [7, 11) is 1.36. The molecule has 1 saturated carbocycles. The second kappa shape index (κ2) is 5.23. The molecule has 0 unspecified atom stereocenters. The molecule has 17 heavy (non-hydrogen) atoms. The molecule has 0 aromatic heterocycles. The molecule has 0 heterocycles. The minimum atomic E-state index is -0.335. The van der Waals surface area contributed by atoms with Crippen molar-refractivity contribution in [3.8, 4) is 23.7 Å². The molecule has 84 valence electrons. The molecule has 1 aromatic rings. The molecule has 2 heteroatoms. The summed E-state index contributed by atoms with van der Waals surface area (Å²) in [5.74, 6) is 11.9. The summed E-state index contributed by atoms with van der Waals surface area (Å²) in [6.07, 6.45) is 2.42. The van der Waals surface area contributed by atoms with Gasteiger partial charge in [0.25, 0.3) is 0 Å². The first kappa shape index (κ1) is 11.3. The van der Waals surface area contributed by atoms with Crippen molar-refractivity contribution in [2.45, 2.75) is 12.8 Å². The van der Waals surface area contributed by atoms with Crippen LogP contribution in [0.3, 0.4) is 0 Å². The molecule has 1 aliphatic rings. The summed E-state index contributed by atoms with van der Waals surface area (Å²) in [4.78, 5) is 11.2. The van der Waals surface area contributed by atoms with Gasteiger partial charge in [0.15, 0.2) is 0 Å². The van der Waals surface area contributed by atoms with Gasteiger partial charge in [0, 0.05) is 11.5 Å². The average molecular weight is 224 g/mol. The molecular weight excluding hydrogens is 212 g/mol. The zero-order valence-electron chi connectivity index (χ0n) is 9.62. The fraction of sp³-hybridized carbons (Fsp3) is 0.267. The van der Waals surface area contributed by atoms with E-state index < -0.39 is 0 Å². The van der Waals surface area contributed by atoms with Crippen molar-refractivity contribution in [1.29, 1.82) is 0 Å². The summed E-state index contributed by atoms with van der Waals surface area (Å²) >= 11 is 0. The van der Waals surface area contributed by atoms with Crippen molar-refractivity contribution in [2.75, 3.05) is 7.11 Å². The molecular formula is C15H12O2. The van der Waals surface area contributed by atoms with E-state index in [9.17, 15) is 4.79 Å². The third-order valence-corrected chi connectivity index (χ3v) is 2.43. The number of rotatable bonds is 1. The maximum atomic E-state index is 11.2. The maximum absolute atomic E-state index is 11.2. The first-order valence-electron chi connectivity index (χ1n) is 5.49. The molecule has 0 saturated heterocycles. The first-order valence-corrected chi connectivity index (χ1v) is 5.49. The predicted octanol–water partition coefficient (Wildman–Crippen LogP) is 2.24. The quantitative estimate of drug-likeness (QED) is 0.540. The van der Waals surface area contributed by atoms with E-state index in [0.29, 0.717) is 11.5 Å². The lowest BCUT2D eigenvalue weighted by Gasteiger charge is -1.97. The van der Waals surface area contributed by atoms with Crippen LogP contribution in [0.1, 0.15) is 28.8 Å². The Labute approximate surface area is 101 Å². The minimum absolute atomic E-state index is 0.335. The van der Waals surface area contributed by atoms with Gasteiger partial charge in [0.05, 0.1) is 12.7 Å². The van der Waals surface area contributed by atoms with Gasteiger partial charge in [0.2, 0.25) is 0 Å². The van der Waals surface area contributed by atoms with Crippen LogP contribution in [0.2, 0.25) is 0 Å². The number of hydrogen-bond acceptors (Lipinski definition) is 2. The highest BCUT2D eigenvalue weighted by molar-refractivity contribution is 5.89. The van der Waals surface area contributed by atoms with E-state index in [0.717, 1.165) is 5.56 Å². The monoisotopic (exact) mass is 224 g/mol. The van der Waals surface area contributed by atoms with Crippen LogP contribution in [0.5, 0.6) is 0 Å². The van der Waals surface area contributed by atoms with Gasteiger partial charge < -0.3 is 4.74 Å². The highest BCUT2D eigenvalue weighted by Gasteiger charge is 2.17. The van der Waals surface area contributed by atoms with Crippen LogP contribution in [0.15, 0.2) is 24.3 Å². The lowest BCUT2D eigenvalue weighted by Crippen LogP contribution is -2.00. The summed E-state index contributed by atoms with van der Waals surface area (Å²) in [5.41, 5.74) is 1.38. The van der Waals surface area contributed by atoms with Gasteiger partial charge in [-0.15, -0.1) is 0 Å². The zero-order valence-corrected chi connectivity index (χ0v) is 9.62. The van der Waals surface area contributed by atoms with Crippen molar-refractivity contribution >= 4 is 5.97 Å². The van der Waals surface area contributed by atoms with Gasteiger partial charge in [-0.05, 0) is 48.9 Å². The highest BCUT2D eigenvalue weighted by Crippen LogP contribution is 2.27. The topological polar surface area (TPSA) is 26.3 Å². The summed E-state index contributed by atoms with van der Waals surface area (Å²) in [6, 6.07) is 6.98. The molecule has 0 bridgehead atoms. The lowest BCUT2D eigenvalue weighted by molar-refractivity contribution is 0.0601. The Bertz CT molecular complexity index is 528. The van der Waals surface area contributed by atoms with Crippen LogP contribution in [-0.2, 0) is 4.74 Å². The van der Waals surface area contributed by atoms with E-state index in [4.69, 9.17) is 0 Å². The van der Waals surface area contributed by atoms with Gasteiger partial charge in [-0.2, -0.15) is 0 Å². The summed E-state index contributed by atoms with van der Waals surface area (Å²) in [6.45, 7) is 0. The second-order valence-corrected chi connectivity index (χ2v) is 3.86. The van der Waals surface area contributed by atoms with Crippen molar-refractivity contribution in [1.82, 2.24) is 0 Å². The Morgan fingerprint density at radius 3 is 2.53 bits per heavy atom. The fourth-order valence-corrected chi connectivity index (χ4v) is 1.28. The third kappa shape index (κ3) is 3.40. The van der Waals surface area contributed by atoms with E-state index in [1.807, 2.05) is 0 Å². The van der Waals surface area contributed by atoms with Crippen molar-refractivity contribution in [2.24, 2.45) is 5.92 Å². The van der Waals surface area contributed by atoms with Gasteiger partial charge in [-0.1, -0.05) is 11.8 Å². The van der Waals surface area contributed by atoms with Crippen molar-refractivity contribution < 1.29 is 9.53 Å². The molecule has 1 aliphatic carbocycles. The SMILES string of the molecule is COC(=O)c1ccc(C#CC#CC2CC2)cc1. The Kier molecular flexibility index (Phi) is 3.48. The van der Waals surface area contributed by atoms with E-state index in [-0.39, 0.29) is 5.97 Å². The lowest BCUT2D eigenvalue weighted by atomic mass is 10.1. The number of carbonyl (C=O) groups is 1. The second-order valence-electron chi connectivity index (χ2n) is 3.86. The van der Waals surface area contributed by atoms with E-state index in [2.05, 4.69) is 28.4 Å². The Morgan fingerprint density at radius 1 is 1.24 bits per heavy atom. The van der Waals surface area contributed by atoms with E-state index in [1.54, 1.807) is 24.3 Å². The molecule has 0 N–H and O–H groups in total. The van der Waals surface area contributed by atoms with Crippen LogP contribution in [0.4, 0.5) is 0 Å². The maximum Gasteiger partial charge on any atom is 0.337 e. The number of benzene rings is 1. The highest BCUT2D eigenvalue weighted by atomic mass is 16.5. The summed E-state index contributed by atoms with van der Waals surface area (Å²) in [5, 5.41) is 0. The molecule has 0 aliphatic heterocycles. The molecule has 1 aromatic carbocycles. The number of esters is 1. The normalized spacial score (nSPS) is 12.8. The third-order valence-electron chi connectivity index (χ3n) is 2.43. The predicted molar refractivity (Wildman–Crippen MR) is 65.2 cm³/mol. The summed E-state index contributed by atoms with van der Waals surface area (Å²) < 4.78 is 4.61. The fourth-order valence-electron chi connectivity index (χ4n) is 1.28. The minimum Gasteiger partial charge on any atom is -0.465 e. The van der Waals surface area contributed by atoms with Crippen LogP contribution in [-0.4, -0.2) is 13.1 Å². The zero-order chi connectivity index (χ0) is 12.1. The molecule has 0 spiro atoms. The van der Waals surface area contributed by atoms with Crippen LogP contribution in [0.25, 0.3) is 0 Å². The van der Waals surface area contributed by atoms with E-state index in [1.165, 1.54) is 20.0 Å². The molecule has 1 fully saturated rings. The Hall–Kier alpha value is -2.19. The number of carbonyl (C=O) groups excluding carboxylic acids is 1. The average Bonchev–Trinajstić information content (AvgIpc) is 3.18. The standard InChI is InChI=1S/C15H12O2/c1-17-15(16)14-10-8-13(9-11-14)5-3-2-4-12-6-7-12/h8-12H,6-7H2,1H3. The molecule has 0 radical (unpaired) electrons. The number of ether oxygens (including phenoxy) is 1. The van der Waals surface area contributed by atoms with Crippen molar-refractivity contribution in [3.05, 3.63) is 35.4 Å². The molecule has 2 nitrogen and oxygen atoms in total. The van der Waals surface area contributed by atoms with Crippen LogP contribution < -0.4 is 0 Å². The Balaban J connectivity index is 2.02. The van der Waals surface area contributed by atoms with Gasteiger partial charge >= 0.3 is 5.97 Å². The first-order chi connectivity index (χ1) is 8.29. The number of hydrogen-bond donors (Lipinski definition) is 0. The largest absolute Gasteiger partial charge is 0.465 e. The molecule has 0 atom stereocenters. The molecule has 2 rings (SSSR count).